The van der Waals surface area contributed by atoms with Crippen LogP contribution in [0.1, 0.15) is 20.3 Å². The first-order chi connectivity index (χ1) is 6.06. The summed E-state index contributed by atoms with van der Waals surface area (Å²) in [4.78, 5) is 21.8. The molecule has 1 N–H and O–H groups in total. The first-order valence-electron chi connectivity index (χ1n) is 4.27. The Morgan fingerprint density at radius 2 is 1.85 bits per heavy atom. The van der Waals surface area contributed by atoms with E-state index in [0.29, 0.717) is 5.57 Å². The molecule has 0 saturated heterocycles. The van der Waals surface area contributed by atoms with E-state index in [1.165, 1.54) is 6.08 Å². The largest absolute Gasteiger partial charge is 0.508 e. The van der Waals surface area contributed by atoms with E-state index in [0.717, 1.165) is 12.5 Å². The molecular weight excluding hydrogens is 168 g/mol. The number of ketones is 2. The number of allylic oxidation sites excluding steroid dienone is 3. The van der Waals surface area contributed by atoms with E-state index in [4.69, 9.17) is 0 Å². The summed E-state index contributed by atoms with van der Waals surface area (Å²) in [7, 11) is 0. The second-order valence-corrected chi connectivity index (χ2v) is 3.17. The number of carbonyl (C=O) groups excluding carboxylic acids is 2. The lowest BCUT2D eigenvalue weighted by Gasteiger charge is -2.15. The zero-order valence-corrected chi connectivity index (χ0v) is 7.70. The Morgan fingerprint density at radius 1 is 1.31 bits per heavy atom. The van der Waals surface area contributed by atoms with E-state index in [-0.39, 0.29) is 11.7 Å². The quantitative estimate of drug-likeness (QED) is 0.518. The summed E-state index contributed by atoms with van der Waals surface area (Å²) in [6.45, 7) is 3.86. The number of carbonyl (C=O) groups is 2. The fourth-order valence-corrected chi connectivity index (χ4v) is 1.18. The average molecular weight is 180 g/mol. The molecule has 0 aromatic rings. The molecule has 0 fully saturated rings. The molecular formula is C10H12O3. The minimum absolute atomic E-state index is 0.0704. The van der Waals surface area contributed by atoms with Crippen LogP contribution in [0.5, 0.6) is 0 Å². The molecule has 1 atom stereocenters. The Labute approximate surface area is 76.8 Å². The highest BCUT2D eigenvalue weighted by Crippen LogP contribution is 2.23. The van der Waals surface area contributed by atoms with Crippen molar-refractivity contribution in [2.24, 2.45) is 5.92 Å². The zero-order chi connectivity index (χ0) is 10.0. The van der Waals surface area contributed by atoms with Gasteiger partial charge in [0.25, 0.3) is 0 Å². The van der Waals surface area contributed by atoms with Crippen molar-refractivity contribution in [3.05, 3.63) is 23.5 Å². The molecule has 1 aliphatic carbocycles. The van der Waals surface area contributed by atoms with Gasteiger partial charge in [0, 0.05) is 11.6 Å². The van der Waals surface area contributed by atoms with Crippen LogP contribution in [0.4, 0.5) is 0 Å². The molecule has 1 aliphatic rings. The molecule has 0 radical (unpaired) electrons. The lowest BCUT2D eigenvalue weighted by atomic mass is 9.91. The highest BCUT2D eigenvalue weighted by molar-refractivity contribution is 6.46. The summed E-state index contributed by atoms with van der Waals surface area (Å²) in [6, 6.07) is 0. The third-order valence-electron chi connectivity index (χ3n) is 2.24. The average Bonchev–Trinajstić information content (AvgIpc) is 2.10. The smallest absolute Gasteiger partial charge is 0.229 e. The molecule has 0 aliphatic heterocycles. The van der Waals surface area contributed by atoms with Gasteiger partial charge in [0.05, 0.1) is 0 Å². The van der Waals surface area contributed by atoms with Gasteiger partial charge in [-0.25, -0.2) is 0 Å². The van der Waals surface area contributed by atoms with Gasteiger partial charge < -0.3 is 5.11 Å². The maximum atomic E-state index is 11.0. The lowest BCUT2D eigenvalue weighted by Crippen LogP contribution is -2.17. The van der Waals surface area contributed by atoms with Gasteiger partial charge in [-0.05, 0) is 18.4 Å². The van der Waals surface area contributed by atoms with Crippen LogP contribution in [0.3, 0.4) is 0 Å². The first kappa shape index (κ1) is 9.71. The topological polar surface area (TPSA) is 54.4 Å². The summed E-state index contributed by atoms with van der Waals surface area (Å²) in [5.41, 5.74) is 0.562. The fraction of sp³-hybridized carbons (Fsp3) is 0.400. The Hall–Kier alpha value is -1.38. The second kappa shape index (κ2) is 3.56. The van der Waals surface area contributed by atoms with Crippen molar-refractivity contribution < 1.29 is 14.7 Å². The minimum atomic E-state index is -0.649. The Bertz CT molecular complexity index is 310. The van der Waals surface area contributed by atoms with E-state index in [1.54, 1.807) is 0 Å². The van der Waals surface area contributed by atoms with Gasteiger partial charge >= 0.3 is 0 Å². The van der Waals surface area contributed by atoms with Crippen molar-refractivity contribution >= 4 is 11.6 Å². The number of hydrogen-bond acceptors (Lipinski definition) is 3. The summed E-state index contributed by atoms with van der Waals surface area (Å²) in [5, 5.41) is 9.38. The van der Waals surface area contributed by atoms with Crippen molar-refractivity contribution in [1.29, 1.82) is 0 Å². The van der Waals surface area contributed by atoms with Crippen LogP contribution in [-0.2, 0) is 9.59 Å². The minimum Gasteiger partial charge on any atom is -0.508 e. The van der Waals surface area contributed by atoms with Crippen molar-refractivity contribution in [2.45, 2.75) is 20.3 Å². The van der Waals surface area contributed by atoms with Crippen molar-refractivity contribution in [2.75, 3.05) is 0 Å². The Morgan fingerprint density at radius 3 is 2.38 bits per heavy atom. The number of hydrogen-bond donors (Lipinski definition) is 1. The number of aliphatic hydroxyl groups is 1. The van der Waals surface area contributed by atoms with Gasteiger partial charge in [-0.2, -0.15) is 0 Å². The standard InChI is InChI=1S/C10H12O3/c1-3-6(2)7-4-9(12)10(13)5-8(7)11/h4-6,11H,3H2,1-2H3. The predicted octanol–water partition coefficient (Wildman–Crippen LogP) is 1.55. The van der Waals surface area contributed by atoms with Crippen LogP contribution >= 0.6 is 0 Å². The molecule has 0 bridgehead atoms. The molecule has 0 spiro atoms. The molecule has 0 aromatic heterocycles. The van der Waals surface area contributed by atoms with Crippen molar-refractivity contribution in [3.8, 4) is 0 Å². The van der Waals surface area contributed by atoms with Gasteiger partial charge in [0.1, 0.15) is 5.76 Å². The third kappa shape index (κ3) is 1.86. The molecule has 0 amide bonds. The molecule has 0 aromatic carbocycles. The van der Waals surface area contributed by atoms with Gasteiger partial charge in [0.15, 0.2) is 0 Å². The summed E-state index contributed by atoms with van der Waals surface area (Å²) in [6.07, 6.45) is 3.04. The van der Waals surface area contributed by atoms with Crippen molar-refractivity contribution in [3.63, 3.8) is 0 Å². The number of aliphatic hydroxyl groups excluding tert-OH is 1. The summed E-state index contributed by atoms with van der Waals surface area (Å²) < 4.78 is 0. The lowest BCUT2D eigenvalue weighted by molar-refractivity contribution is -0.131. The molecule has 70 valence electrons. The van der Waals surface area contributed by atoms with Crippen LogP contribution in [0, 0.1) is 5.92 Å². The van der Waals surface area contributed by atoms with E-state index in [2.05, 4.69) is 0 Å². The van der Waals surface area contributed by atoms with E-state index in [9.17, 15) is 14.7 Å². The third-order valence-corrected chi connectivity index (χ3v) is 2.24. The number of rotatable bonds is 2. The molecule has 3 heteroatoms. The van der Waals surface area contributed by atoms with E-state index < -0.39 is 11.6 Å². The normalized spacial score (nSPS) is 19.5. The Balaban J connectivity index is 2.99. The van der Waals surface area contributed by atoms with Gasteiger partial charge in [-0.1, -0.05) is 13.8 Å². The maximum Gasteiger partial charge on any atom is 0.229 e. The maximum absolute atomic E-state index is 11.0. The van der Waals surface area contributed by atoms with Gasteiger partial charge in [-0.15, -0.1) is 0 Å². The monoisotopic (exact) mass is 180 g/mol. The van der Waals surface area contributed by atoms with Crippen LogP contribution < -0.4 is 0 Å². The first-order valence-corrected chi connectivity index (χ1v) is 4.27. The van der Waals surface area contributed by atoms with Crippen molar-refractivity contribution in [1.82, 2.24) is 0 Å². The summed E-state index contributed by atoms with van der Waals surface area (Å²) >= 11 is 0. The molecule has 3 nitrogen and oxygen atoms in total. The summed E-state index contributed by atoms with van der Waals surface area (Å²) in [5.74, 6) is -1.16. The SMILES string of the molecule is CCC(C)C1=CC(=O)C(=O)C=C1O. The fourth-order valence-electron chi connectivity index (χ4n) is 1.18. The molecule has 1 unspecified atom stereocenters. The predicted molar refractivity (Wildman–Crippen MR) is 48.3 cm³/mol. The van der Waals surface area contributed by atoms with Crippen LogP contribution in [0.2, 0.25) is 0 Å². The highest BCUT2D eigenvalue weighted by atomic mass is 16.3. The molecule has 0 heterocycles. The zero-order valence-electron chi connectivity index (χ0n) is 7.70. The van der Waals surface area contributed by atoms with Crippen LogP contribution in [0.25, 0.3) is 0 Å². The van der Waals surface area contributed by atoms with E-state index >= 15 is 0 Å². The molecule has 0 saturated carbocycles. The highest BCUT2D eigenvalue weighted by Gasteiger charge is 2.22. The van der Waals surface area contributed by atoms with Crippen LogP contribution in [0.15, 0.2) is 23.5 Å². The second-order valence-electron chi connectivity index (χ2n) is 3.17. The Kier molecular flexibility index (Phi) is 2.66. The van der Waals surface area contributed by atoms with Gasteiger partial charge in [0.2, 0.25) is 11.6 Å². The van der Waals surface area contributed by atoms with Gasteiger partial charge in [-0.3, -0.25) is 9.59 Å². The molecule has 13 heavy (non-hydrogen) atoms. The molecule has 1 rings (SSSR count). The van der Waals surface area contributed by atoms with E-state index in [1.807, 2.05) is 13.8 Å². The van der Waals surface area contributed by atoms with Crippen LogP contribution in [-0.4, -0.2) is 16.7 Å².